The predicted octanol–water partition coefficient (Wildman–Crippen LogP) is 6.98. The first kappa shape index (κ1) is 22.7. The smallest absolute Gasteiger partial charge is 0.422 e. The molecule has 8 heteroatoms. The van der Waals surface area contributed by atoms with Gasteiger partial charge in [-0.25, -0.2) is 17.6 Å². The first-order valence-corrected chi connectivity index (χ1v) is 9.37. The third kappa shape index (κ3) is 4.68. The van der Waals surface area contributed by atoms with E-state index in [1.165, 1.54) is 0 Å². The maximum atomic E-state index is 15.0. The van der Waals surface area contributed by atoms with Gasteiger partial charge < -0.3 is 5.11 Å². The van der Waals surface area contributed by atoms with E-state index in [0.717, 1.165) is 18.1 Å². The Balaban J connectivity index is 1.94. The average Bonchev–Trinajstić information content (AvgIpc) is 2.66. The molecule has 3 rings (SSSR count). The zero-order valence-electron chi connectivity index (χ0n) is 16.3. The van der Waals surface area contributed by atoms with Gasteiger partial charge in [0.2, 0.25) is 0 Å². The maximum absolute atomic E-state index is 15.0. The Labute approximate surface area is 173 Å². The summed E-state index contributed by atoms with van der Waals surface area (Å²) in [5.74, 6) is -6.34. The molecular formula is C23H17F7O. The summed E-state index contributed by atoms with van der Waals surface area (Å²) in [5, 5.41) is 10.1. The summed E-state index contributed by atoms with van der Waals surface area (Å²) in [4.78, 5) is 0. The van der Waals surface area contributed by atoms with Crippen LogP contribution in [0, 0.1) is 23.3 Å². The minimum Gasteiger partial charge on any atom is -0.507 e. The Bertz CT molecular complexity index is 1080. The van der Waals surface area contributed by atoms with Crippen LogP contribution in [-0.2, 0) is 25.4 Å². The minimum atomic E-state index is -5.20. The number of alkyl halides is 3. The summed E-state index contributed by atoms with van der Waals surface area (Å²) in [5.41, 5.74) is -1.62. The predicted molar refractivity (Wildman–Crippen MR) is 102 cm³/mol. The van der Waals surface area contributed by atoms with Crippen LogP contribution in [0.3, 0.4) is 0 Å². The van der Waals surface area contributed by atoms with Crippen LogP contribution < -0.4 is 0 Å². The van der Waals surface area contributed by atoms with Crippen molar-refractivity contribution in [3.05, 3.63) is 88.0 Å². The van der Waals surface area contributed by atoms with Crippen molar-refractivity contribution in [3.63, 3.8) is 0 Å². The van der Waals surface area contributed by atoms with Crippen LogP contribution in [0.15, 0.2) is 42.5 Å². The van der Waals surface area contributed by atoms with Gasteiger partial charge in [-0.3, -0.25) is 0 Å². The Morgan fingerprint density at radius 2 is 1.35 bits per heavy atom. The molecule has 3 aromatic carbocycles. The van der Waals surface area contributed by atoms with Gasteiger partial charge in [-0.15, -0.1) is 0 Å². The van der Waals surface area contributed by atoms with Crippen molar-refractivity contribution in [2.45, 2.75) is 32.4 Å². The molecule has 0 fully saturated rings. The first-order chi connectivity index (χ1) is 14.5. The first-order valence-electron chi connectivity index (χ1n) is 9.37. The van der Waals surface area contributed by atoms with Gasteiger partial charge in [0, 0.05) is 11.6 Å². The lowest BCUT2D eigenvalue weighted by Gasteiger charge is -2.14. The normalized spacial score (nSPS) is 11.7. The van der Waals surface area contributed by atoms with Crippen LogP contribution >= 0.6 is 0 Å². The SMILES string of the molecule is CCc1ccc(-c2c(O)cc(F)c(CCc3cc(F)c(C(F)(F)F)c(F)c3)c2F)cc1. The van der Waals surface area contributed by atoms with Crippen molar-refractivity contribution >= 4 is 0 Å². The zero-order chi connectivity index (χ0) is 22.9. The highest BCUT2D eigenvalue weighted by Crippen LogP contribution is 2.37. The Kier molecular flexibility index (Phi) is 6.29. The standard InChI is InChI=1S/C23H17F7O/c1-2-12-3-6-14(7-4-12)20-19(31)11-16(24)15(22(20)27)8-5-13-9-17(25)21(18(26)10-13)23(28,29)30/h3-4,6-7,9-11,31H,2,5,8H2,1H3. The van der Waals surface area contributed by atoms with E-state index in [-0.39, 0.29) is 24.0 Å². The van der Waals surface area contributed by atoms with Gasteiger partial charge in [0.25, 0.3) is 0 Å². The molecule has 0 bridgehead atoms. The van der Waals surface area contributed by atoms with Gasteiger partial charge in [0.15, 0.2) is 0 Å². The van der Waals surface area contributed by atoms with Crippen molar-refractivity contribution in [1.82, 2.24) is 0 Å². The van der Waals surface area contributed by atoms with E-state index in [0.29, 0.717) is 17.7 Å². The second-order valence-electron chi connectivity index (χ2n) is 7.03. The van der Waals surface area contributed by atoms with Crippen LogP contribution in [-0.4, -0.2) is 5.11 Å². The average molecular weight is 442 g/mol. The zero-order valence-corrected chi connectivity index (χ0v) is 16.3. The monoisotopic (exact) mass is 442 g/mol. The third-order valence-corrected chi connectivity index (χ3v) is 4.99. The van der Waals surface area contributed by atoms with Gasteiger partial charge in [-0.05, 0) is 48.1 Å². The fraction of sp³-hybridized carbons (Fsp3) is 0.217. The molecule has 0 aliphatic heterocycles. The molecule has 1 N–H and O–H groups in total. The summed E-state index contributed by atoms with van der Waals surface area (Å²) in [6.07, 6.45) is -5.17. The van der Waals surface area contributed by atoms with Crippen LogP contribution in [0.4, 0.5) is 30.7 Å². The van der Waals surface area contributed by atoms with Crippen molar-refractivity contribution in [2.24, 2.45) is 0 Å². The molecule has 0 aromatic heterocycles. The number of hydrogen-bond donors (Lipinski definition) is 1. The number of rotatable bonds is 5. The van der Waals surface area contributed by atoms with Crippen molar-refractivity contribution in [1.29, 1.82) is 0 Å². The van der Waals surface area contributed by atoms with Gasteiger partial charge in [-0.2, -0.15) is 13.2 Å². The van der Waals surface area contributed by atoms with Gasteiger partial charge >= 0.3 is 6.18 Å². The molecule has 0 spiro atoms. The molecule has 31 heavy (non-hydrogen) atoms. The van der Waals surface area contributed by atoms with Crippen molar-refractivity contribution < 1.29 is 35.8 Å². The van der Waals surface area contributed by atoms with Gasteiger partial charge in [0.05, 0.1) is 5.56 Å². The molecule has 0 amide bonds. The molecule has 0 atom stereocenters. The Morgan fingerprint density at radius 1 is 0.774 bits per heavy atom. The van der Waals surface area contributed by atoms with Gasteiger partial charge in [-0.1, -0.05) is 31.2 Å². The van der Waals surface area contributed by atoms with E-state index in [9.17, 15) is 31.4 Å². The summed E-state index contributed by atoms with van der Waals surface area (Å²) >= 11 is 0. The number of aryl methyl sites for hydroxylation is 2. The van der Waals surface area contributed by atoms with Crippen molar-refractivity contribution in [3.8, 4) is 16.9 Å². The topological polar surface area (TPSA) is 20.2 Å². The second-order valence-corrected chi connectivity index (χ2v) is 7.03. The van der Waals surface area contributed by atoms with Crippen LogP contribution in [0.2, 0.25) is 0 Å². The van der Waals surface area contributed by atoms with E-state index in [1.807, 2.05) is 6.92 Å². The molecule has 1 nitrogen and oxygen atoms in total. The van der Waals surface area contributed by atoms with E-state index in [4.69, 9.17) is 0 Å². The van der Waals surface area contributed by atoms with E-state index in [2.05, 4.69) is 0 Å². The number of hydrogen-bond acceptors (Lipinski definition) is 1. The lowest BCUT2D eigenvalue weighted by molar-refractivity contribution is -0.142. The number of phenols is 1. The molecule has 0 heterocycles. The van der Waals surface area contributed by atoms with Gasteiger partial charge in [0.1, 0.15) is 34.6 Å². The summed E-state index contributed by atoms with van der Waals surface area (Å²) in [6.45, 7) is 1.93. The second kappa shape index (κ2) is 8.61. The summed E-state index contributed by atoms with van der Waals surface area (Å²) < 4.78 is 94.9. The molecule has 0 saturated heterocycles. The molecular weight excluding hydrogens is 425 g/mol. The lowest BCUT2D eigenvalue weighted by Crippen LogP contribution is -2.12. The number of benzene rings is 3. The quantitative estimate of drug-likeness (QED) is 0.423. The Morgan fingerprint density at radius 3 is 1.87 bits per heavy atom. The minimum absolute atomic E-state index is 0.191. The lowest BCUT2D eigenvalue weighted by atomic mass is 9.95. The molecule has 0 radical (unpaired) electrons. The number of halogens is 7. The summed E-state index contributed by atoms with van der Waals surface area (Å²) in [7, 11) is 0. The largest absolute Gasteiger partial charge is 0.507 e. The third-order valence-electron chi connectivity index (χ3n) is 4.99. The molecule has 0 saturated carbocycles. The maximum Gasteiger partial charge on any atom is 0.422 e. The molecule has 0 aliphatic rings. The van der Waals surface area contributed by atoms with Crippen LogP contribution in [0.25, 0.3) is 11.1 Å². The van der Waals surface area contributed by atoms with Crippen LogP contribution in [0.5, 0.6) is 5.75 Å². The van der Waals surface area contributed by atoms with E-state index >= 15 is 4.39 Å². The molecule has 0 unspecified atom stereocenters. The van der Waals surface area contributed by atoms with E-state index in [1.54, 1.807) is 24.3 Å². The fourth-order valence-electron chi connectivity index (χ4n) is 3.37. The number of phenolic OH excluding ortho intramolecular Hbond substituents is 1. The Hall–Kier alpha value is -3.03. The molecule has 164 valence electrons. The highest BCUT2D eigenvalue weighted by Gasteiger charge is 2.37. The highest BCUT2D eigenvalue weighted by atomic mass is 19.4. The fourth-order valence-corrected chi connectivity index (χ4v) is 3.37. The molecule has 3 aromatic rings. The molecule has 0 aliphatic carbocycles. The van der Waals surface area contributed by atoms with E-state index < -0.39 is 46.3 Å². The van der Waals surface area contributed by atoms with Crippen molar-refractivity contribution in [2.75, 3.05) is 0 Å². The number of aromatic hydroxyl groups is 1. The highest BCUT2D eigenvalue weighted by molar-refractivity contribution is 5.72. The van der Waals surface area contributed by atoms with Crippen LogP contribution in [0.1, 0.15) is 29.2 Å². The summed E-state index contributed by atoms with van der Waals surface area (Å²) in [6, 6.07) is 8.31.